The van der Waals surface area contributed by atoms with Crippen LogP contribution in [0.15, 0.2) is 78.9 Å². The van der Waals surface area contributed by atoms with Gasteiger partial charge in [0.2, 0.25) is 0 Å². The van der Waals surface area contributed by atoms with E-state index >= 15 is 0 Å². The van der Waals surface area contributed by atoms with Crippen molar-refractivity contribution in [1.82, 2.24) is 0 Å². The van der Waals surface area contributed by atoms with Crippen LogP contribution in [0.5, 0.6) is 0 Å². The molecule has 0 heterocycles. The van der Waals surface area contributed by atoms with Gasteiger partial charge in [0.1, 0.15) is 0 Å². The number of rotatable bonds is 1. The molecule has 3 aromatic carbocycles. The first-order valence-electron chi connectivity index (χ1n) is 7.07. The van der Waals surface area contributed by atoms with Crippen LogP contribution in [0.4, 0.5) is 0 Å². The number of hydrogen-bond acceptors (Lipinski definition) is 0. The summed E-state index contributed by atoms with van der Waals surface area (Å²) in [5, 5.41) is 0. The quantitative estimate of drug-likeness (QED) is 0.450. The Morgan fingerprint density at radius 2 is 1.04 bits per heavy atom. The monoisotopic (exact) mass is 422 g/mol. The molecule has 3 heteroatoms. The van der Waals surface area contributed by atoms with Gasteiger partial charge in [0, 0.05) is 0 Å². The predicted molar refractivity (Wildman–Crippen MR) is 89.8 cm³/mol. The molecule has 0 aliphatic rings. The molecule has 0 saturated carbocycles. The minimum Gasteiger partial charge on any atom is -1.00 e. The van der Waals surface area contributed by atoms with E-state index in [1.54, 1.807) is 0 Å². The van der Waals surface area contributed by atoms with Gasteiger partial charge in [-0.05, 0) is 0 Å². The fourth-order valence-corrected chi connectivity index (χ4v) is 2.04. The predicted octanol–water partition coefficient (Wildman–Crippen LogP) is -0.790. The first-order valence-corrected chi connectivity index (χ1v) is 8.29. The summed E-state index contributed by atoms with van der Waals surface area (Å²) in [5.74, 6) is 0. The average Bonchev–Trinajstić information content (AvgIpc) is 3.15. The van der Waals surface area contributed by atoms with Crippen molar-refractivity contribution in [1.29, 1.82) is 0 Å². The zero-order valence-corrected chi connectivity index (χ0v) is 17.7. The van der Waals surface area contributed by atoms with Gasteiger partial charge in [-0.3, -0.25) is 0 Å². The molecule has 0 N–H and O–H groups in total. The molecule has 0 saturated heterocycles. The van der Waals surface area contributed by atoms with E-state index in [9.17, 15) is 0 Å². The Bertz CT molecular complexity index is 564. The molecule has 0 spiro atoms. The summed E-state index contributed by atoms with van der Waals surface area (Å²) in [7, 11) is 0. The summed E-state index contributed by atoms with van der Waals surface area (Å²) < 4.78 is 1.46. The summed E-state index contributed by atoms with van der Waals surface area (Å²) in [6, 6.07) is 27.0. The van der Waals surface area contributed by atoms with Crippen LogP contribution in [0, 0.1) is 13.8 Å². The molecular formula is C20H22Cl2Zr-2. The Kier molecular flexibility index (Phi) is 15.8. The number of halogens is 2. The third-order valence-corrected chi connectivity index (χ3v) is 3.58. The molecule has 23 heavy (non-hydrogen) atoms. The van der Waals surface area contributed by atoms with Crippen molar-refractivity contribution in [3.63, 3.8) is 0 Å². The molecule has 0 unspecified atom stereocenters. The normalized spacial score (nSPS) is 8.22. The fourth-order valence-electron chi connectivity index (χ4n) is 1.63. The third kappa shape index (κ3) is 12.4. The van der Waals surface area contributed by atoms with Gasteiger partial charge < -0.3 is 24.8 Å². The molecule has 0 atom stereocenters. The molecular weight excluding hydrogens is 402 g/mol. The van der Waals surface area contributed by atoms with E-state index < -0.39 is 0 Å². The first kappa shape index (κ1) is 24.5. The van der Waals surface area contributed by atoms with Crippen molar-refractivity contribution in [3.05, 3.63) is 95.6 Å². The maximum atomic E-state index is 2.16. The van der Waals surface area contributed by atoms with Gasteiger partial charge in [-0.1, -0.05) is 13.8 Å². The fraction of sp³-hybridized carbons (Fsp3) is 0.150. The summed E-state index contributed by atoms with van der Waals surface area (Å²) in [4.78, 5) is 0. The van der Waals surface area contributed by atoms with Gasteiger partial charge in [-0.15, -0.1) is 0 Å². The van der Waals surface area contributed by atoms with Gasteiger partial charge >= 0.3 is 70.3 Å². The molecule has 0 bridgehead atoms. The smallest absolute Gasteiger partial charge is 0.0860 e. The summed E-state index contributed by atoms with van der Waals surface area (Å²) >= 11 is 1.51. The topological polar surface area (TPSA) is 0 Å². The number of benzene rings is 1. The van der Waals surface area contributed by atoms with E-state index in [0.29, 0.717) is 0 Å². The average molecular weight is 425 g/mol. The molecule has 0 aromatic heterocycles. The van der Waals surface area contributed by atoms with Gasteiger partial charge in [-0.25, -0.2) is 24.3 Å². The van der Waals surface area contributed by atoms with Crippen molar-refractivity contribution in [2.75, 3.05) is 0 Å². The van der Waals surface area contributed by atoms with Crippen molar-refractivity contribution in [3.8, 4) is 0 Å². The van der Waals surface area contributed by atoms with Crippen molar-refractivity contribution >= 4 is 3.21 Å². The van der Waals surface area contributed by atoms with Gasteiger partial charge in [-0.2, -0.15) is 35.4 Å². The molecule has 0 amide bonds. The van der Waals surface area contributed by atoms with E-state index in [1.807, 2.05) is 30.3 Å². The molecule has 3 rings (SSSR count). The van der Waals surface area contributed by atoms with Crippen LogP contribution in [-0.4, -0.2) is 3.21 Å². The van der Waals surface area contributed by atoms with Crippen LogP contribution in [0.3, 0.4) is 0 Å². The Hall–Kier alpha value is -0.747. The zero-order valence-electron chi connectivity index (χ0n) is 13.8. The van der Waals surface area contributed by atoms with E-state index in [4.69, 9.17) is 0 Å². The molecule has 0 radical (unpaired) electrons. The van der Waals surface area contributed by atoms with Gasteiger partial charge in [0.15, 0.2) is 0 Å². The first-order chi connectivity index (χ1) is 10.1. The van der Waals surface area contributed by atoms with Crippen LogP contribution < -0.4 is 24.8 Å². The second-order valence-corrected chi connectivity index (χ2v) is 6.76. The van der Waals surface area contributed by atoms with E-state index in [-0.39, 0.29) is 24.8 Å². The van der Waals surface area contributed by atoms with Crippen LogP contribution in [0.2, 0.25) is 0 Å². The number of hydrogen-bond donors (Lipinski definition) is 0. The Balaban J connectivity index is 0. The van der Waals surface area contributed by atoms with Crippen molar-refractivity contribution in [2.24, 2.45) is 0 Å². The van der Waals surface area contributed by atoms with Crippen LogP contribution in [0.1, 0.15) is 23.6 Å². The Morgan fingerprint density at radius 1 is 0.696 bits per heavy atom. The Labute approximate surface area is 167 Å². The maximum absolute atomic E-state index is 2.16. The van der Waals surface area contributed by atoms with Crippen molar-refractivity contribution < 1.29 is 49.0 Å². The van der Waals surface area contributed by atoms with Crippen LogP contribution in [-0.2, 0) is 24.2 Å². The molecule has 0 nitrogen and oxygen atoms in total. The van der Waals surface area contributed by atoms with E-state index in [0.717, 1.165) is 0 Å². The van der Waals surface area contributed by atoms with E-state index in [1.165, 1.54) is 44.1 Å². The Morgan fingerprint density at radius 3 is 1.22 bits per heavy atom. The number of aryl methyl sites for hydroxylation is 2. The molecule has 0 aliphatic carbocycles. The minimum atomic E-state index is 0. The van der Waals surface area contributed by atoms with Crippen LogP contribution in [0.25, 0.3) is 0 Å². The van der Waals surface area contributed by atoms with Crippen molar-refractivity contribution in [2.45, 2.75) is 20.8 Å². The maximum Gasteiger partial charge on any atom is -0.0860 e. The molecule has 0 aliphatic heterocycles. The van der Waals surface area contributed by atoms with E-state index in [2.05, 4.69) is 69.3 Å². The second kappa shape index (κ2) is 14.8. The van der Waals surface area contributed by atoms with Crippen LogP contribution >= 0.6 is 0 Å². The molecule has 122 valence electrons. The summed E-state index contributed by atoms with van der Waals surface area (Å²) in [6.45, 7) is 6.33. The molecule has 3 aromatic rings. The van der Waals surface area contributed by atoms with Gasteiger partial charge in [0.05, 0.1) is 0 Å². The zero-order chi connectivity index (χ0) is 15.5. The second-order valence-electron chi connectivity index (χ2n) is 4.92. The minimum absolute atomic E-state index is 0. The third-order valence-electron chi connectivity index (χ3n) is 2.87. The van der Waals surface area contributed by atoms with Gasteiger partial charge in [0.25, 0.3) is 0 Å². The SMILES string of the molecule is C[C](=[Zr+2])c1ccccc1.C[c-]1cccc1.C[c-]1cccc1.[Cl-].[Cl-]. The standard InChI is InChI=1S/C8H8.2C6H7.2ClH.Zr/c1-2-8-6-4-3-5-7-8;2*1-6-4-2-3-5-6;;;/h3-7H,1H3;2*2-5H,1H3;2*1H;/q;2*-1;;;+2/p-2. The summed E-state index contributed by atoms with van der Waals surface area (Å²) in [6.07, 6.45) is 0. The summed E-state index contributed by atoms with van der Waals surface area (Å²) in [5.41, 5.74) is 4.06. The molecule has 0 fully saturated rings. The largest absolute Gasteiger partial charge is 1.00 e.